The van der Waals surface area contributed by atoms with Crippen LogP contribution in [0.15, 0.2) is 57.7 Å². The molecule has 9 rings (SSSR count). The Bertz CT molecular complexity index is 1390. The number of hydrogen-bond acceptors (Lipinski definition) is 3. The maximum Gasteiger partial charge on any atom is 0.303 e. The Labute approximate surface area is 275 Å². The summed E-state index contributed by atoms with van der Waals surface area (Å²) in [5, 5.41) is 12.0. The van der Waals surface area contributed by atoms with E-state index in [0.717, 1.165) is 31.1 Å². The predicted molar refractivity (Wildman–Crippen MR) is 187 cm³/mol. The van der Waals surface area contributed by atoms with E-state index < -0.39 is 5.60 Å². The first kappa shape index (κ1) is 34.5. The van der Waals surface area contributed by atoms with Crippen molar-refractivity contribution in [1.29, 1.82) is 0 Å². The molecule has 6 bridgehead atoms. The van der Waals surface area contributed by atoms with Crippen LogP contribution in [-0.2, 0) is 9.53 Å². The molecule has 0 heterocycles. The quantitative estimate of drug-likeness (QED) is 0.229. The van der Waals surface area contributed by atoms with Gasteiger partial charge in [0.2, 0.25) is 0 Å². The SMILES string of the molecule is C=CC(C)(CCC=C(C)C)OC(C)=O.CC1=C2CC(CC1C1(C3C(C)=C4CC(C3O)C4(C)C)CC3CC(=C1C)C3(C)C)C2(C)C. The lowest BCUT2D eigenvalue weighted by molar-refractivity contribution is -0.151. The molecule has 0 amide bonds. The second-order valence-corrected chi connectivity index (χ2v) is 18.1. The van der Waals surface area contributed by atoms with Crippen LogP contribution >= 0.6 is 0 Å². The van der Waals surface area contributed by atoms with E-state index in [4.69, 9.17) is 4.74 Å². The van der Waals surface area contributed by atoms with Gasteiger partial charge in [-0.25, -0.2) is 0 Å². The van der Waals surface area contributed by atoms with Gasteiger partial charge in [0.25, 0.3) is 0 Å². The number of esters is 1. The van der Waals surface area contributed by atoms with Crippen LogP contribution in [0.2, 0.25) is 0 Å². The molecular weight excluding hydrogens is 552 g/mol. The lowest BCUT2D eigenvalue weighted by Gasteiger charge is -2.69. The molecule has 0 aliphatic heterocycles. The van der Waals surface area contributed by atoms with Crippen LogP contribution in [0.3, 0.4) is 0 Å². The third-order valence-electron chi connectivity index (χ3n) is 14.8. The molecule has 3 heteroatoms. The molecule has 9 aliphatic carbocycles. The van der Waals surface area contributed by atoms with Gasteiger partial charge in [0, 0.05) is 18.3 Å². The van der Waals surface area contributed by atoms with E-state index in [1.807, 2.05) is 6.92 Å². The maximum absolute atomic E-state index is 12.0. The van der Waals surface area contributed by atoms with Crippen LogP contribution in [0.5, 0.6) is 0 Å². The number of allylic oxidation sites excluding steroid dienone is 7. The minimum absolute atomic E-state index is 0.141. The topological polar surface area (TPSA) is 46.5 Å². The van der Waals surface area contributed by atoms with Crippen molar-refractivity contribution in [3.63, 3.8) is 0 Å². The van der Waals surface area contributed by atoms with E-state index in [2.05, 4.69) is 88.8 Å². The van der Waals surface area contributed by atoms with Gasteiger partial charge >= 0.3 is 5.97 Å². The third-order valence-corrected chi connectivity index (χ3v) is 14.8. The smallest absolute Gasteiger partial charge is 0.303 e. The van der Waals surface area contributed by atoms with Crippen molar-refractivity contribution in [3.05, 3.63) is 57.7 Å². The van der Waals surface area contributed by atoms with E-state index in [0.29, 0.717) is 28.6 Å². The highest BCUT2D eigenvalue weighted by Gasteiger charge is 2.67. The second-order valence-electron chi connectivity index (χ2n) is 18.1. The summed E-state index contributed by atoms with van der Waals surface area (Å²) in [7, 11) is 0. The van der Waals surface area contributed by atoms with E-state index in [1.54, 1.807) is 39.5 Å². The van der Waals surface area contributed by atoms with Gasteiger partial charge in [0.05, 0.1) is 6.10 Å². The Morgan fingerprint density at radius 2 is 1.49 bits per heavy atom. The number of rotatable bonds is 7. The molecule has 3 saturated carbocycles. The van der Waals surface area contributed by atoms with Crippen LogP contribution < -0.4 is 0 Å². The number of fused-ring (bicyclic) bond motifs is 8. The zero-order valence-corrected chi connectivity index (χ0v) is 31.0. The molecule has 0 aromatic carbocycles. The molecule has 0 radical (unpaired) electrons. The van der Waals surface area contributed by atoms with Gasteiger partial charge in [-0.2, -0.15) is 0 Å². The summed E-state index contributed by atoms with van der Waals surface area (Å²) in [6, 6.07) is 0. The molecule has 0 aromatic heterocycles. The molecule has 3 fully saturated rings. The number of aliphatic hydroxyl groups excluding tert-OH is 1. The zero-order chi connectivity index (χ0) is 33.7. The molecule has 8 unspecified atom stereocenters. The summed E-state index contributed by atoms with van der Waals surface area (Å²) in [5.74, 6) is 2.75. The maximum atomic E-state index is 12.0. The fourth-order valence-corrected chi connectivity index (χ4v) is 11.4. The Balaban J connectivity index is 0.000000244. The molecule has 0 saturated heterocycles. The van der Waals surface area contributed by atoms with Crippen LogP contribution in [-0.4, -0.2) is 22.8 Å². The molecule has 9 aliphatic rings. The van der Waals surface area contributed by atoms with Crippen molar-refractivity contribution in [2.75, 3.05) is 0 Å². The molecule has 250 valence electrons. The fraction of sp³-hybridized carbons (Fsp3) is 0.738. The summed E-state index contributed by atoms with van der Waals surface area (Å²) < 4.78 is 5.18. The van der Waals surface area contributed by atoms with Gasteiger partial charge in [0.1, 0.15) is 5.60 Å². The van der Waals surface area contributed by atoms with Crippen molar-refractivity contribution in [3.8, 4) is 0 Å². The lowest BCUT2D eigenvalue weighted by atomic mass is 9.35. The van der Waals surface area contributed by atoms with Crippen LogP contribution in [0.1, 0.15) is 135 Å². The predicted octanol–water partition coefficient (Wildman–Crippen LogP) is 10.7. The van der Waals surface area contributed by atoms with Crippen LogP contribution in [0.4, 0.5) is 0 Å². The minimum Gasteiger partial charge on any atom is -0.455 e. The summed E-state index contributed by atoms with van der Waals surface area (Å²) in [4.78, 5) is 10.8. The highest BCUT2D eigenvalue weighted by atomic mass is 16.6. The average molecular weight is 617 g/mol. The molecule has 8 atom stereocenters. The van der Waals surface area contributed by atoms with Crippen molar-refractivity contribution >= 4 is 5.97 Å². The Morgan fingerprint density at radius 1 is 0.911 bits per heavy atom. The second kappa shape index (κ2) is 11.1. The van der Waals surface area contributed by atoms with Crippen molar-refractivity contribution in [1.82, 2.24) is 0 Å². The standard InChI is InChI=1S/C30H44O.C12H20O2/c1-15-20-10-18(27(20,4)5)11-22(15)30(14-19-12-23(17(30)3)28(19,6)7)25-16(2)21-13-24(26(25)31)29(21,8)9;1-6-12(5,14-11(4)13)9-7-8-10(2)3/h18-19,22,24-26,31H,10-14H2,1-9H3;6,8H,1,7,9H2,2-5H3. The molecule has 1 N–H and O–H groups in total. The number of hydrogen-bond donors (Lipinski definition) is 1. The van der Waals surface area contributed by atoms with E-state index in [-0.39, 0.29) is 22.9 Å². The summed E-state index contributed by atoms with van der Waals surface area (Å²) in [6.07, 6.45) is 11.7. The number of carbonyl (C=O) groups is 1. The third kappa shape index (κ3) is 5.03. The van der Waals surface area contributed by atoms with Crippen LogP contribution in [0, 0.1) is 51.2 Å². The Morgan fingerprint density at radius 3 is 1.93 bits per heavy atom. The van der Waals surface area contributed by atoms with Crippen molar-refractivity contribution < 1.29 is 14.6 Å². The average Bonchev–Trinajstić information content (AvgIpc) is 2.92. The highest BCUT2D eigenvalue weighted by Crippen LogP contribution is 2.75. The molecule has 3 nitrogen and oxygen atoms in total. The fourth-order valence-electron chi connectivity index (χ4n) is 11.4. The normalized spacial score (nSPS) is 37.6. The summed E-state index contributed by atoms with van der Waals surface area (Å²) in [6.45, 7) is 33.2. The molecular formula is C42H64O3. The molecule has 45 heavy (non-hydrogen) atoms. The summed E-state index contributed by atoms with van der Waals surface area (Å²) in [5.41, 5.74) is 12.0. The van der Waals surface area contributed by atoms with Crippen molar-refractivity contribution in [2.24, 2.45) is 51.2 Å². The number of carbonyl (C=O) groups excluding carboxylic acids is 1. The first-order valence-corrected chi connectivity index (χ1v) is 17.9. The van der Waals surface area contributed by atoms with Crippen molar-refractivity contribution in [2.45, 2.75) is 147 Å². The zero-order valence-electron chi connectivity index (χ0n) is 31.0. The molecule has 0 spiro atoms. The number of ether oxygens (including phenoxy) is 1. The molecule has 0 aromatic rings. The van der Waals surface area contributed by atoms with E-state index >= 15 is 0 Å². The largest absolute Gasteiger partial charge is 0.455 e. The minimum atomic E-state index is -0.530. The Hall–Kier alpha value is -1.87. The van der Waals surface area contributed by atoms with Crippen LogP contribution in [0.25, 0.3) is 0 Å². The summed E-state index contributed by atoms with van der Waals surface area (Å²) >= 11 is 0. The van der Waals surface area contributed by atoms with Gasteiger partial charge in [-0.1, -0.05) is 93.2 Å². The van der Waals surface area contributed by atoms with Gasteiger partial charge in [-0.3, -0.25) is 4.79 Å². The van der Waals surface area contributed by atoms with E-state index in [9.17, 15) is 9.90 Å². The monoisotopic (exact) mass is 616 g/mol. The first-order valence-electron chi connectivity index (χ1n) is 17.9. The van der Waals surface area contributed by atoms with Gasteiger partial charge < -0.3 is 9.84 Å². The highest BCUT2D eigenvalue weighted by molar-refractivity contribution is 5.66. The van der Waals surface area contributed by atoms with Gasteiger partial charge in [-0.15, -0.1) is 0 Å². The van der Waals surface area contributed by atoms with E-state index in [1.165, 1.54) is 38.2 Å². The number of aliphatic hydroxyl groups is 1. The van der Waals surface area contributed by atoms with Gasteiger partial charge in [-0.05, 0) is 132 Å². The lowest BCUT2D eigenvalue weighted by Crippen LogP contribution is -2.63. The van der Waals surface area contributed by atoms with Gasteiger partial charge in [0.15, 0.2) is 0 Å². The first-order chi connectivity index (χ1) is 20.7. The Kier molecular flexibility index (Phi) is 8.50.